The van der Waals surface area contributed by atoms with Crippen LogP contribution in [0.5, 0.6) is 0 Å². The quantitative estimate of drug-likeness (QED) is 0.743. The topological polar surface area (TPSA) is 44.4 Å². The Labute approximate surface area is 104 Å². The van der Waals surface area contributed by atoms with Gasteiger partial charge in [-0.15, -0.1) is 0 Å². The molecule has 98 valence electrons. The van der Waals surface area contributed by atoms with Crippen molar-refractivity contribution in [1.29, 1.82) is 0 Å². The Morgan fingerprint density at radius 3 is 2.53 bits per heavy atom. The van der Waals surface area contributed by atoms with Gasteiger partial charge < -0.3 is 10.6 Å². The monoisotopic (exact) mass is 239 g/mol. The summed E-state index contributed by atoms with van der Waals surface area (Å²) in [4.78, 5) is 14.3. The average Bonchev–Trinajstić information content (AvgIpc) is 2.99. The standard InChI is InChI=1S/C13H25N3O/c1-9(2)14-13(17)10(3)15-11-6-7-16(8-11)12-4-5-12/h9-12,15H,4-8H2,1-3H3,(H,14,17). The lowest BCUT2D eigenvalue weighted by Gasteiger charge is -2.21. The predicted molar refractivity (Wildman–Crippen MR) is 68.9 cm³/mol. The molecule has 0 spiro atoms. The van der Waals surface area contributed by atoms with Gasteiger partial charge in [0, 0.05) is 31.2 Å². The molecule has 0 bridgehead atoms. The first kappa shape index (κ1) is 12.8. The third kappa shape index (κ3) is 3.68. The van der Waals surface area contributed by atoms with Crippen LogP contribution in [0, 0.1) is 0 Å². The van der Waals surface area contributed by atoms with E-state index in [0.717, 1.165) is 12.6 Å². The molecule has 0 aromatic rings. The second-order valence-corrected chi connectivity index (χ2v) is 5.76. The summed E-state index contributed by atoms with van der Waals surface area (Å²) < 4.78 is 0. The van der Waals surface area contributed by atoms with Gasteiger partial charge >= 0.3 is 0 Å². The summed E-state index contributed by atoms with van der Waals surface area (Å²) >= 11 is 0. The largest absolute Gasteiger partial charge is 0.353 e. The van der Waals surface area contributed by atoms with Crippen molar-refractivity contribution in [3.63, 3.8) is 0 Å². The lowest BCUT2D eigenvalue weighted by molar-refractivity contribution is -0.123. The number of nitrogens with zero attached hydrogens (tertiary/aromatic N) is 1. The van der Waals surface area contributed by atoms with E-state index in [2.05, 4.69) is 15.5 Å². The number of hydrogen-bond acceptors (Lipinski definition) is 3. The number of hydrogen-bond donors (Lipinski definition) is 2. The highest BCUT2D eigenvalue weighted by Gasteiger charge is 2.35. The predicted octanol–water partition coefficient (Wildman–Crippen LogP) is 0.726. The highest BCUT2D eigenvalue weighted by atomic mass is 16.2. The fraction of sp³-hybridized carbons (Fsp3) is 0.923. The Kier molecular flexibility index (Phi) is 4.05. The fourth-order valence-electron chi connectivity index (χ4n) is 2.53. The fourth-order valence-corrected chi connectivity index (χ4v) is 2.53. The van der Waals surface area contributed by atoms with Crippen LogP contribution in [0.4, 0.5) is 0 Å². The third-order valence-electron chi connectivity index (χ3n) is 3.59. The van der Waals surface area contributed by atoms with E-state index in [1.165, 1.54) is 25.8 Å². The van der Waals surface area contributed by atoms with E-state index < -0.39 is 0 Å². The first-order valence-corrected chi connectivity index (χ1v) is 6.86. The molecular formula is C13H25N3O. The highest BCUT2D eigenvalue weighted by Crippen LogP contribution is 2.29. The molecule has 1 heterocycles. The Morgan fingerprint density at radius 2 is 1.94 bits per heavy atom. The van der Waals surface area contributed by atoms with E-state index in [-0.39, 0.29) is 18.0 Å². The molecule has 0 aromatic carbocycles. The summed E-state index contributed by atoms with van der Waals surface area (Å²) in [6.07, 6.45) is 3.92. The summed E-state index contributed by atoms with van der Waals surface area (Å²) in [7, 11) is 0. The molecule has 2 unspecified atom stereocenters. The van der Waals surface area contributed by atoms with Crippen LogP contribution in [0.1, 0.15) is 40.0 Å². The summed E-state index contributed by atoms with van der Waals surface area (Å²) in [5, 5.41) is 6.39. The number of rotatable bonds is 5. The van der Waals surface area contributed by atoms with E-state index in [1.54, 1.807) is 0 Å². The van der Waals surface area contributed by atoms with Crippen LogP contribution < -0.4 is 10.6 Å². The van der Waals surface area contributed by atoms with E-state index >= 15 is 0 Å². The molecule has 0 aromatic heterocycles. The van der Waals surface area contributed by atoms with E-state index in [0.29, 0.717) is 6.04 Å². The number of carbonyl (C=O) groups is 1. The second kappa shape index (κ2) is 5.36. The number of nitrogens with one attached hydrogen (secondary N) is 2. The molecule has 1 saturated heterocycles. The van der Waals surface area contributed by atoms with Crippen molar-refractivity contribution in [2.75, 3.05) is 13.1 Å². The van der Waals surface area contributed by atoms with Crippen molar-refractivity contribution in [1.82, 2.24) is 15.5 Å². The van der Waals surface area contributed by atoms with Crippen molar-refractivity contribution in [3.05, 3.63) is 0 Å². The van der Waals surface area contributed by atoms with Crippen molar-refractivity contribution in [2.24, 2.45) is 0 Å². The van der Waals surface area contributed by atoms with Gasteiger partial charge in [0.15, 0.2) is 0 Å². The second-order valence-electron chi connectivity index (χ2n) is 5.76. The number of amides is 1. The van der Waals surface area contributed by atoms with Crippen LogP contribution in [0.25, 0.3) is 0 Å². The number of carbonyl (C=O) groups excluding carboxylic acids is 1. The van der Waals surface area contributed by atoms with Gasteiger partial charge in [-0.3, -0.25) is 9.69 Å². The van der Waals surface area contributed by atoms with Crippen LogP contribution in [0.2, 0.25) is 0 Å². The SMILES string of the molecule is CC(C)NC(=O)C(C)NC1CCN(C2CC2)C1. The molecule has 4 heteroatoms. The van der Waals surface area contributed by atoms with Crippen molar-refractivity contribution in [3.8, 4) is 0 Å². The molecule has 1 amide bonds. The minimum Gasteiger partial charge on any atom is -0.353 e. The molecule has 2 atom stereocenters. The molecule has 0 radical (unpaired) electrons. The van der Waals surface area contributed by atoms with Crippen LogP contribution >= 0.6 is 0 Å². The van der Waals surface area contributed by atoms with Crippen LogP contribution in [-0.4, -0.2) is 48.1 Å². The summed E-state index contributed by atoms with van der Waals surface area (Å²) in [6.45, 7) is 8.26. The van der Waals surface area contributed by atoms with Gasteiger partial charge in [0.05, 0.1) is 6.04 Å². The molecular weight excluding hydrogens is 214 g/mol. The van der Waals surface area contributed by atoms with Crippen molar-refractivity contribution < 1.29 is 4.79 Å². The normalized spacial score (nSPS) is 27.4. The molecule has 17 heavy (non-hydrogen) atoms. The van der Waals surface area contributed by atoms with Gasteiger partial charge in [0.2, 0.25) is 5.91 Å². The van der Waals surface area contributed by atoms with Gasteiger partial charge in [0.1, 0.15) is 0 Å². The smallest absolute Gasteiger partial charge is 0.237 e. The maximum Gasteiger partial charge on any atom is 0.237 e. The Hall–Kier alpha value is -0.610. The van der Waals surface area contributed by atoms with Gasteiger partial charge in [-0.25, -0.2) is 0 Å². The molecule has 1 aliphatic heterocycles. The Morgan fingerprint density at radius 1 is 1.24 bits per heavy atom. The molecule has 1 aliphatic carbocycles. The van der Waals surface area contributed by atoms with E-state index in [4.69, 9.17) is 0 Å². The van der Waals surface area contributed by atoms with Gasteiger partial charge in [-0.1, -0.05) is 0 Å². The lowest BCUT2D eigenvalue weighted by Crippen LogP contribution is -2.49. The molecule has 2 aliphatic rings. The van der Waals surface area contributed by atoms with Crippen LogP contribution in [0.15, 0.2) is 0 Å². The molecule has 2 N–H and O–H groups in total. The summed E-state index contributed by atoms with van der Waals surface area (Å²) in [5.41, 5.74) is 0. The van der Waals surface area contributed by atoms with Gasteiger partial charge in [0.25, 0.3) is 0 Å². The third-order valence-corrected chi connectivity index (χ3v) is 3.59. The molecule has 2 fully saturated rings. The maximum atomic E-state index is 11.8. The minimum atomic E-state index is -0.0819. The minimum absolute atomic E-state index is 0.0819. The number of likely N-dealkylation sites (tertiary alicyclic amines) is 1. The Bertz CT molecular complexity index is 276. The first-order valence-electron chi connectivity index (χ1n) is 6.86. The van der Waals surface area contributed by atoms with Crippen molar-refractivity contribution >= 4 is 5.91 Å². The zero-order valence-corrected chi connectivity index (χ0v) is 11.2. The molecule has 4 nitrogen and oxygen atoms in total. The molecule has 1 saturated carbocycles. The van der Waals surface area contributed by atoms with E-state index in [1.807, 2.05) is 20.8 Å². The Balaban J connectivity index is 1.71. The average molecular weight is 239 g/mol. The van der Waals surface area contributed by atoms with Crippen LogP contribution in [0.3, 0.4) is 0 Å². The maximum absolute atomic E-state index is 11.8. The molecule has 2 rings (SSSR count). The first-order chi connectivity index (χ1) is 8.06. The zero-order valence-electron chi connectivity index (χ0n) is 11.2. The van der Waals surface area contributed by atoms with Gasteiger partial charge in [-0.05, 0) is 40.0 Å². The van der Waals surface area contributed by atoms with Crippen molar-refractivity contribution in [2.45, 2.75) is 64.2 Å². The van der Waals surface area contributed by atoms with E-state index in [9.17, 15) is 4.79 Å². The zero-order chi connectivity index (χ0) is 12.4. The summed E-state index contributed by atoms with van der Waals surface area (Å²) in [5.74, 6) is 0.116. The van der Waals surface area contributed by atoms with Gasteiger partial charge in [-0.2, -0.15) is 0 Å². The van der Waals surface area contributed by atoms with Crippen LogP contribution in [-0.2, 0) is 4.79 Å². The highest BCUT2D eigenvalue weighted by molar-refractivity contribution is 5.81. The lowest BCUT2D eigenvalue weighted by atomic mass is 10.2. The summed E-state index contributed by atoms with van der Waals surface area (Å²) in [6, 6.07) is 1.48.